The van der Waals surface area contributed by atoms with E-state index in [1.54, 1.807) is 0 Å². The number of fused-ring (bicyclic) bond motifs is 8. The monoisotopic (exact) mass is 702 g/mol. The summed E-state index contributed by atoms with van der Waals surface area (Å²) in [6.07, 6.45) is 0. The van der Waals surface area contributed by atoms with E-state index in [1.807, 2.05) is 0 Å². The molecular weight excluding hydrogens is 669 g/mol. The van der Waals surface area contributed by atoms with Crippen LogP contribution in [0.5, 0.6) is 0 Å². The molecule has 4 nitrogen and oxygen atoms in total. The lowest BCUT2D eigenvalue weighted by molar-refractivity contribution is 1.01. The molecule has 0 fully saturated rings. The van der Waals surface area contributed by atoms with Crippen LogP contribution in [0.15, 0.2) is 188 Å². The minimum absolute atomic E-state index is 0.646. The van der Waals surface area contributed by atoms with E-state index in [2.05, 4.69) is 204 Å². The third kappa shape index (κ3) is 4.99. The number of rotatable bonds is 5. The Morgan fingerprint density at radius 2 is 0.873 bits per heavy atom. The lowest BCUT2D eigenvalue weighted by Gasteiger charge is -2.13. The highest BCUT2D eigenvalue weighted by atomic mass is 15.2. The number of aromatic nitrogens is 4. The fraction of sp³-hybridized carbons (Fsp3) is 0.0196. The number of hydrogen-bond acceptors (Lipinski definition) is 2. The van der Waals surface area contributed by atoms with Gasteiger partial charge in [0.05, 0.1) is 33.3 Å². The summed E-state index contributed by atoms with van der Waals surface area (Å²) in [6, 6.07) is 67.1. The quantitative estimate of drug-likeness (QED) is 0.179. The predicted octanol–water partition coefficient (Wildman–Crippen LogP) is 13.1. The van der Waals surface area contributed by atoms with E-state index in [1.165, 1.54) is 49.3 Å². The number of benzene rings is 8. The van der Waals surface area contributed by atoms with Crippen molar-refractivity contribution < 1.29 is 0 Å². The summed E-state index contributed by atoms with van der Waals surface area (Å²) in [5.74, 6) is 0.646. The van der Waals surface area contributed by atoms with Gasteiger partial charge in [0.25, 0.3) is 0 Å². The highest BCUT2D eigenvalue weighted by molar-refractivity contribution is 6.28. The fourth-order valence-corrected chi connectivity index (χ4v) is 8.40. The number of aryl methyl sites for hydroxylation is 1. The summed E-state index contributed by atoms with van der Waals surface area (Å²) in [7, 11) is 0. The Balaban J connectivity index is 1.20. The van der Waals surface area contributed by atoms with E-state index in [9.17, 15) is 0 Å². The SMILES string of the molecule is Cc1ccc(-n2c3ccccc3c3c4c5ccccc5n(-c5nc(-c6ccc(-c7ccccc7)cc6)c6ccc(-c7ccccc7)cc6n5)c4ccc32)cc1. The number of hydrogen-bond donors (Lipinski definition) is 0. The molecule has 0 aliphatic rings. The molecule has 0 radical (unpaired) electrons. The topological polar surface area (TPSA) is 35.6 Å². The summed E-state index contributed by atoms with van der Waals surface area (Å²) >= 11 is 0. The maximum atomic E-state index is 5.47. The summed E-state index contributed by atoms with van der Waals surface area (Å²) in [4.78, 5) is 10.9. The molecule has 3 aromatic heterocycles. The zero-order chi connectivity index (χ0) is 36.5. The lowest BCUT2D eigenvalue weighted by Crippen LogP contribution is -2.03. The number of nitrogens with zero attached hydrogens (tertiary/aromatic N) is 4. The molecule has 0 aliphatic heterocycles. The van der Waals surface area contributed by atoms with E-state index >= 15 is 0 Å². The van der Waals surface area contributed by atoms with Gasteiger partial charge in [-0.2, -0.15) is 0 Å². The van der Waals surface area contributed by atoms with Gasteiger partial charge in [0, 0.05) is 38.2 Å². The molecule has 11 rings (SSSR count). The molecule has 11 aromatic rings. The molecule has 55 heavy (non-hydrogen) atoms. The van der Waals surface area contributed by atoms with Crippen LogP contribution in [0, 0.1) is 6.92 Å². The predicted molar refractivity (Wildman–Crippen MR) is 229 cm³/mol. The van der Waals surface area contributed by atoms with E-state index < -0.39 is 0 Å². The molecule has 0 saturated carbocycles. The van der Waals surface area contributed by atoms with Gasteiger partial charge < -0.3 is 4.57 Å². The molecule has 0 unspecified atom stereocenters. The normalized spacial score (nSPS) is 11.7. The molecule has 0 spiro atoms. The van der Waals surface area contributed by atoms with Gasteiger partial charge in [-0.05, 0) is 77.7 Å². The molecule has 258 valence electrons. The van der Waals surface area contributed by atoms with E-state index in [-0.39, 0.29) is 0 Å². The van der Waals surface area contributed by atoms with Crippen LogP contribution >= 0.6 is 0 Å². The van der Waals surface area contributed by atoms with Gasteiger partial charge in [0.1, 0.15) is 0 Å². The van der Waals surface area contributed by atoms with Crippen LogP contribution in [0.25, 0.3) is 99.7 Å². The average Bonchev–Trinajstić information content (AvgIpc) is 3.77. The van der Waals surface area contributed by atoms with E-state index in [0.29, 0.717) is 5.95 Å². The molecule has 0 bridgehead atoms. The Labute approximate surface area is 318 Å². The fourth-order valence-electron chi connectivity index (χ4n) is 8.40. The molecule has 3 heterocycles. The maximum absolute atomic E-state index is 5.47. The van der Waals surface area contributed by atoms with Gasteiger partial charge in [-0.15, -0.1) is 0 Å². The van der Waals surface area contributed by atoms with Crippen LogP contribution in [0.1, 0.15) is 5.56 Å². The van der Waals surface area contributed by atoms with Crippen LogP contribution in [0.2, 0.25) is 0 Å². The third-order valence-corrected chi connectivity index (χ3v) is 11.0. The molecule has 4 heteroatoms. The van der Waals surface area contributed by atoms with Gasteiger partial charge >= 0.3 is 0 Å². The standard InChI is InChI=1S/C51H34N4/c1-33-20-27-39(28-21-33)54-44-18-10-8-16-41(44)48-46(54)30-31-47-49(48)42-17-9-11-19-45(42)55(47)51-52-43-32-38(35-14-6-3-7-15-35)26-29-40(43)50(53-51)37-24-22-36(23-25-37)34-12-4-2-5-13-34/h2-32H,1H3. The maximum Gasteiger partial charge on any atom is 0.235 e. The van der Waals surface area contributed by atoms with Crippen LogP contribution in [0.3, 0.4) is 0 Å². The van der Waals surface area contributed by atoms with Gasteiger partial charge in [0.2, 0.25) is 5.95 Å². The van der Waals surface area contributed by atoms with Gasteiger partial charge in [-0.1, -0.05) is 145 Å². The molecule has 0 N–H and O–H groups in total. The third-order valence-electron chi connectivity index (χ3n) is 11.0. The largest absolute Gasteiger partial charge is 0.309 e. The van der Waals surface area contributed by atoms with Crippen LogP contribution in [0.4, 0.5) is 0 Å². The van der Waals surface area contributed by atoms with E-state index in [4.69, 9.17) is 9.97 Å². The van der Waals surface area contributed by atoms with Crippen molar-refractivity contribution in [3.05, 3.63) is 194 Å². The molecule has 8 aromatic carbocycles. The Hall–Kier alpha value is -7.30. The van der Waals surface area contributed by atoms with Crippen molar-refractivity contribution >= 4 is 54.5 Å². The molecule has 0 amide bonds. The van der Waals surface area contributed by atoms with Gasteiger partial charge in [-0.3, -0.25) is 4.57 Å². The highest BCUT2D eigenvalue weighted by Crippen LogP contribution is 2.42. The van der Waals surface area contributed by atoms with Crippen molar-refractivity contribution in [2.75, 3.05) is 0 Å². The molecule has 0 aliphatic carbocycles. The second-order valence-electron chi connectivity index (χ2n) is 14.3. The average molecular weight is 703 g/mol. The molecule has 0 atom stereocenters. The van der Waals surface area contributed by atoms with Gasteiger partial charge in [-0.25, -0.2) is 9.97 Å². The number of para-hydroxylation sites is 2. The first kappa shape index (κ1) is 31.2. The minimum atomic E-state index is 0.646. The zero-order valence-corrected chi connectivity index (χ0v) is 30.2. The second-order valence-corrected chi connectivity index (χ2v) is 14.3. The van der Waals surface area contributed by atoms with Gasteiger partial charge in [0.15, 0.2) is 0 Å². The Kier molecular flexibility index (Phi) is 7.04. The molecule has 0 saturated heterocycles. The van der Waals surface area contributed by atoms with Crippen molar-refractivity contribution in [3.63, 3.8) is 0 Å². The Morgan fingerprint density at radius 3 is 1.53 bits per heavy atom. The van der Waals surface area contributed by atoms with Crippen molar-refractivity contribution in [2.24, 2.45) is 0 Å². The summed E-state index contributed by atoms with van der Waals surface area (Å²) in [5.41, 5.74) is 14.4. The van der Waals surface area contributed by atoms with Crippen LogP contribution in [-0.2, 0) is 0 Å². The second kappa shape index (κ2) is 12.4. The smallest absolute Gasteiger partial charge is 0.235 e. The minimum Gasteiger partial charge on any atom is -0.309 e. The van der Waals surface area contributed by atoms with E-state index in [0.717, 1.165) is 50.0 Å². The van der Waals surface area contributed by atoms with Crippen LogP contribution in [-0.4, -0.2) is 19.1 Å². The lowest BCUT2D eigenvalue weighted by atomic mass is 9.99. The molecular formula is C51H34N4. The summed E-state index contributed by atoms with van der Waals surface area (Å²) < 4.78 is 4.66. The summed E-state index contributed by atoms with van der Waals surface area (Å²) in [5, 5.41) is 5.83. The first-order valence-corrected chi connectivity index (χ1v) is 18.8. The summed E-state index contributed by atoms with van der Waals surface area (Å²) in [6.45, 7) is 2.14. The van der Waals surface area contributed by atoms with Crippen LogP contribution < -0.4 is 0 Å². The highest BCUT2D eigenvalue weighted by Gasteiger charge is 2.22. The first-order valence-electron chi connectivity index (χ1n) is 18.8. The first-order chi connectivity index (χ1) is 27.2. The van der Waals surface area contributed by atoms with Crippen molar-refractivity contribution in [3.8, 4) is 45.1 Å². The Bertz CT molecular complexity index is 3230. The zero-order valence-electron chi connectivity index (χ0n) is 30.2. The Morgan fingerprint density at radius 1 is 0.364 bits per heavy atom. The van der Waals surface area contributed by atoms with Crippen molar-refractivity contribution in [1.29, 1.82) is 0 Å². The van der Waals surface area contributed by atoms with Crippen molar-refractivity contribution in [2.45, 2.75) is 6.92 Å². The van der Waals surface area contributed by atoms with Crippen molar-refractivity contribution in [1.82, 2.24) is 19.1 Å².